The first-order chi connectivity index (χ1) is 9.99. The van der Waals surface area contributed by atoms with Gasteiger partial charge in [0.25, 0.3) is 5.91 Å². The van der Waals surface area contributed by atoms with Crippen molar-refractivity contribution in [3.05, 3.63) is 64.4 Å². The molecule has 21 heavy (non-hydrogen) atoms. The smallest absolute Gasteiger partial charge is 0.267 e. The Morgan fingerprint density at radius 2 is 1.90 bits per heavy atom. The molecule has 2 aromatic rings. The van der Waals surface area contributed by atoms with Gasteiger partial charge in [0.2, 0.25) is 0 Å². The number of nitrogens with one attached hydrogen (secondary N) is 1. The van der Waals surface area contributed by atoms with Gasteiger partial charge in [-0.05, 0) is 31.2 Å². The number of pyridine rings is 1. The molecular weight excluding hydrogens is 300 g/mol. The van der Waals surface area contributed by atoms with Crippen LogP contribution < -0.4 is 5.43 Å². The molecule has 0 aliphatic heterocycles. The molecule has 0 aliphatic carbocycles. The highest BCUT2D eigenvalue weighted by Gasteiger charge is 2.11. The highest BCUT2D eigenvalue weighted by molar-refractivity contribution is 6.30. The van der Waals surface area contributed by atoms with Crippen molar-refractivity contribution in [1.29, 1.82) is 0 Å². The average molecular weight is 310 g/mol. The molecule has 0 saturated heterocycles. The van der Waals surface area contributed by atoms with Crippen LogP contribution in [0, 0.1) is 11.6 Å². The largest absolute Gasteiger partial charge is 0.271 e. The highest BCUT2D eigenvalue weighted by atomic mass is 35.5. The summed E-state index contributed by atoms with van der Waals surface area (Å²) < 4.78 is 27.0. The number of halogens is 3. The molecule has 0 atom stereocenters. The predicted octanol–water partition coefficient (Wildman–Crippen LogP) is 3.17. The van der Waals surface area contributed by atoms with Crippen LogP contribution in [0.3, 0.4) is 0 Å². The van der Waals surface area contributed by atoms with Crippen molar-refractivity contribution in [1.82, 2.24) is 10.4 Å². The van der Waals surface area contributed by atoms with Crippen LogP contribution in [0.1, 0.15) is 22.8 Å². The van der Waals surface area contributed by atoms with Crippen LogP contribution in [-0.4, -0.2) is 16.6 Å². The van der Waals surface area contributed by atoms with Gasteiger partial charge in [0.1, 0.15) is 11.6 Å². The molecule has 0 spiro atoms. The van der Waals surface area contributed by atoms with E-state index in [1.54, 1.807) is 0 Å². The van der Waals surface area contributed by atoms with Gasteiger partial charge < -0.3 is 0 Å². The van der Waals surface area contributed by atoms with Gasteiger partial charge in [0.05, 0.1) is 10.7 Å². The Hall–Kier alpha value is -2.34. The van der Waals surface area contributed by atoms with E-state index in [4.69, 9.17) is 11.6 Å². The maximum Gasteiger partial charge on any atom is 0.271 e. The zero-order valence-electron chi connectivity index (χ0n) is 10.9. The van der Waals surface area contributed by atoms with Gasteiger partial charge in [-0.1, -0.05) is 11.6 Å². The summed E-state index contributed by atoms with van der Waals surface area (Å²) in [7, 11) is 0. The molecule has 1 heterocycles. The summed E-state index contributed by atoms with van der Waals surface area (Å²) in [6.45, 7) is 1.44. The van der Waals surface area contributed by atoms with Gasteiger partial charge in [-0.15, -0.1) is 0 Å². The molecule has 0 radical (unpaired) electrons. The van der Waals surface area contributed by atoms with Crippen molar-refractivity contribution >= 4 is 23.2 Å². The number of hydrogen-bond acceptors (Lipinski definition) is 3. The van der Waals surface area contributed by atoms with E-state index in [1.807, 2.05) is 0 Å². The van der Waals surface area contributed by atoms with Crippen LogP contribution in [0.25, 0.3) is 0 Å². The molecule has 0 unspecified atom stereocenters. The standard InChI is InChI=1S/C14H10ClF2N3O/c1-8(10-6-13(17)11(15)7-12(10)16)19-20-14(21)9-2-4-18-5-3-9/h2-7H,1H3,(H,20,21)/b19-8-. The predicted molar refractivity (Wildman–Crippen MR) is 75.3 cm³/mol. The second kappa shape index (κ2) is 6.41. The quantitative estimate of drug-likeness (QED) is 0.538. The summed E-state index contributed by atoms with van der Waals surface area (Å²) in [6, 6.07) is 4.79. The molecule has 7 heteroatoms. The number of nitrogens with zero attached hydrogens (tertiary/aromatic N) is 2. The zero-order chi connectivity index (χ0) is 15.4. The Balaban J connectivity index is 2.19. The van der Waals surface area contributed by atoms with Gasteiger partial charge in [0, 0.05) is 23.5 Å². The summed E-state index contributed by atoms with van der Waals surface area (Å²) in [6.07, 6.45) is 2.92. The summed E-state index contributed by atoms with van der Waals surface area (Å²) in [5.74, 6) is -1.96. The molecular formula is C14H10ClF2N3O. The topological polar surface area (TPSA) is 54.4 Å². The maximum absolute atomic E-state index is 13.7. The first kappa shape index (κ1) is 15.1. The molecule has 0 fully saturated rings. The van der Waals surface area contributed by atoms with Crippen molar-refractivity contribution in [2.24, 2.45) is 5.10 Å². The number of hydrogen-bond donors (Lipinski definition) is 1. The average Bonchev–Trinajstić information content (AvgIpc) is 2.49. The Morgan fingerprint density at radius 1 is 1.24 bits per heavy atom. The molecule has 0 saturated carbocycles. The van der Waals surface area contributed by atoms with E-state index < -0.39 is 17.5 Å². The Bertz CT molecular complexity index is 705. The molecule has 1 N–H and O–H groups in total. The van der Waals surface area contributed by atoms with Gasteiger partial charge >= 0.3 is 0 Å². The van der Waals surface area contributed by atoms with Crippen molar-refractivity contribution in [3.8, 4) is 0 Å². The molecule has 4 nitrogen and oxygen atoms in total. The molecule has 1 aromatic heterocycles. The minimum Gasteiger partial charge on any atom is -0.267 e. The van der Waals surface area contributed by atoms with Gasteiger partial charge in [0.15, 0.2) is 0 Å². The zero-order valence-corrected chi connectivity index (χ0v) is 11.7. The van der Waals surface area contributed by atoms with Crippen LogP contribution >= 0.6 is 11.6 Å². The lowest BCUT2D eigenvalue weighted by atomic mass is 10.1. The molecule has 0 aliphatic rings. The monoisotopic (exact) mass is 309 g/mol. The fourth-order valence-electron chi connectivity index (χ4n) is 1.56. The molecule has 108 valence electrons. The SMILES string of the molecule is C/C(=N/NC(=O)c1ccncc1)c1cc(F)c(Cl)cc1F. The van der Waals surface area contributed by atoms with Crippen LogP contribution in [-0.2, 0) is 0 Å². The summed E-state index contributed by atoms with van der Waals surface area (Å²) in [5.41, 5.74) is 2.65. The molecule has 0 bridgehead atoms. The summed E-state index contributed by atoms with van der Waals surface area (Å²) in [5, 5.41) is 3.43. The van der Waals surface area contributed by atoms with Crippen molar-refractivity contribution in [2.75, 3.05) is 0 Å². The first-order valence-electron chi connectivity index (χ1n) is 5.88. The van der Waals surface area contributed by atoms with Gasteiger partial charge in [-0.2, -0.15) is 5.10 Å². The van der Waals surface area contributed by atoms with E-state index in [9.17, 15) is 13.6 Å². The fourth-order valence-corrected chi connectivity index (χ4v) is 1.71. The lowest BCUT2D eigenvalue weighted by Gasteiger charge is -2.05. The number of benzene rings is 1. The third-order valence-corrected chi connectivity index (χ3v) is 2.96. The summed E-state index contributed by atoms with van der Waals surface area (Å²) in [4.78, 5) is 15.5. The van der Waals surface area contributed by atoms with E-state index in [0.717, 1.165) is 12.1 Å². The third-order valence-electron chi connectivity index (χ3n) is 2.67. The van der Waals surface area contributed by atoms with Crippen LogP contribution in [0.4, 0.5) is 8.78 Å². The fraction of sp³-hybridized carbons (Fsp3) is 0.0714. The van der Waals surface area contributed by atoms with E-state index in [1.165, 1.54) is 31.5 Å². The number of hydrazone groups is 1. The minimum atomic E-state index is -0.761. The number of aromatic nitrogens is 1. The molecule has 1 amide bonds. The molecule has 2 rings (SSSR count). The lowest BCUT2D eigenvalue weighted by molar-refractivity contribution is 0.0954. The van der Waals surface area contributed by atoms with Gasteiger partial charge in [-0.3, -0.25) is 9.78 Å². The van der Waals surface area contributed by atoms with Crippen LogP contribution in [0.15, 0.2) is 41.8 Å². The van der Waals surface area contributed by atoms with Crippen molar-refractivity contribution < 1.29 is 13.6 Å². The summed E-state index contributed by atoms with van der Waals surface area (Å²) >= 11 is 5.47. The van der Waals surface area contributed by atoms with E-state index in [0.29, 0.717) is 5.56 Å². The second-order valence-corrected chi connectivity index (χ2v) is 4.53. The third kappa shape index (κ3) is 3.61. The normalized spacial score (nSPS) is 11.3. The van der Waals surface area contributed by atoms with E-state index in [2.05, 4.69) is 15.5 Å². The minimum absolute atomic E-state index is 0.0769. The van der Waals surface area contributed by atoms with Gasteiger partial charge in [-0.25, -0.2) is 14.2 Å². The van der Waals surface area contributed by atoms with E-state index >= 15 is 0 Å². The lowest BCUT2D eigenvalue weighted by Crippen LogP contribution is -2.19. The van der Waals surface area contributed by atoms with Crippen molar-refractivity contribution in [2.45, 2.75) is 6.92 Å². The number of carbonyl (C=O) groups is 1. The van der Waals surface area contributed by atoms with Crippen LogP contribution in [0.5, 0.6) is 0 Å². The Kier molecular flexibility index (Phi) is 4.59. The number of carbonyl (C=O) groups excluding carboxylic acids is 1. The first-order valence-corrected chi connectivity index (χ1v) is 6.26. The molecule has 1 aromatic carbocycles. The Morgan fingerprint density at radius 3 is 2.57 bits per heavy atom. The highest BCUT2D eigenvalue weighted by Crippen LogP contribution is 2.19. The van der Waals surface area contributed by atoms with Crippen molar-refractivity contribution in [3.63, 3.8) is 0 Å². The number of amides is 1. The maximum atomic E-state index is 13.7. The Labute approximate surface area is 124 Å². The second-order valence-electron chi connectivity index (χ2n) is 4.12. The van der Waals surface area contributed by atoms with E-state index in [-0.39, 0.29) is 16.3 Å². The van der Waals surface area contributed by atoms with Crippen LogP contribution in [0.2, 0.25) is 5.02 Å². The number of rotatable bonds is 3.